The van der Waals surface area contributed by atoms with Crippen molar-refractivity contribution in [1.82, 2.24) is 10.2 Å². The van der Waals surface area contributed by atoms with Gasteiger partial charge in [0.1, 0.15) is 0 Å². The highest BCUT2D eigenvalue weighted by Gasteiger charge is 2.19. The van der Waals surface area contributed by atoms with Gasteiger partial charge in [0.25, 0.3) is 5.91 Å². The summed E-state index contributed by atoms with van der Waals surface area (Å²) >= 11 is 0. The number of para-hydroxylation sites is 1. The first-order chi connectivity index (χ1) is 16.1. The van der Waals surface area contributed by atoms with Crippen LogP contribution in [0.2, 0.25) is 0 Å². The SMILES string of the molecule is N#CCCN(C(=O)CCC(=O)NCc1cccc(C(=O)N2CCCCC2)c1)c1ccccc1. The molecule has 2 aromatic rings. The van der Waals surface area contributed by atoms with Crippen LogP contribution in [0.3, 0.4) is 0 Å². The summed E-state index contributed by atoms with van der Waals surface area (Å²) in [6, 6.07) is 18.5. The molecule has 2 aromatic carbocycles. The van der Waals surface area contributed by atoms with Crippen LogP contribution in [0, 0.1) is 11.3 Å². The number of hydrogen-bond acceptors (Lipinski definition) is 4. The summed E-state index contributed by atoms with van der Waals surface area (Å²) in [7, 11) is 0. The fourth-order valence-electron chi connectivity index (χ4n) is 3.91. The van der Waals surface area contributed by atoms with Gasteiger partial charge >= 0.3 is 0 Å². The van der Waals surface area contributed by atoms with Gasteiger partial charge in [-0.2, -0.15) is 5.26 Å². The Balaban J connectivity index is 1.50. The molecule has 0 atom stereocenters. The van der Waals surface area contributed by atoms with Gasteiger partial charge in [-0.3, -0.25) is 14.4 Å². The average Bonchev–Trinajstić information content (AvgIpc) is 2.87. The van der Waals surface area contributed by atoms with Crippen LogP contribution in [0.5, 0.6) is 0 Å². The number of rotatable bonds is 9. The fraction of sp³-hybridized carbons (Fsp3) is 0.385. The largest absolute Gasteiger partial charge is 0.352 e. The highest BCUT2D eigenvalue weighted by molar-refractivity contribution is 5.95. The normalized spacial score (nSPS) is 13.1. The summed E-state index contributed by atoms with van der Waals surface area (Å²) in [4.78, 5) is 41.2. The number of nitriles is 1. The Morgan fingerprint density at radius 2 is 1.73 bits per heavy atom. The van der Waals surface area contributed by atoms with E-state index in [-0.39, 0.29) is 37.0 Å². The van der Waals surface area contributed by atoms with Crippen molar-refractivity contribution in [3.63, 3.8) is 0 Å². The summed E-state index contributed by atoms with van der Waals surface area (Å²) in [5, 5.41) is 11.7. The Morgan fingerprint density at radius 1 is 0.970 bits per heavy atom. The first-order valence-corrected chi connectivity index (χ1v) is 11.5. The van der Waals surface area contributed by atoms with E-state index in [4.69, 9.17) is 5.26 Å². The molecule has 1 heterocycles. The number of nitrogens with zero attached hydrogens (tertiary/aromatic N) is 3. The molecule has 0 aromatic heterocycles. The Morgan fingerprint density at radius 3 is 2.45 bits per heavy atom. The molecule has 3 amide bonds. The summed E-state index contributed by atoms with van der Waals surface area (Å²) in [5.74, 6) is -0.392. The smallest absolute Gasteiger partial charge is 0.253 e. The maximum atomic E-state index is 12.7. The van der Waals surface area contributed by atoms with Gasteiger partial charge in [0.2, 0.25) is 11.8 Å². The van der Waals surface area contributed by atoms with Crippen molar-refractivity contribution in [2.24, 2.45) is 0 Å². The molecule has 7 heteroatoms. The fourth-order valence-corrected chi connectivity index (χ4v) is 3.91. The second-order valence-electron chi connectivity index (χ2n) is 8.12. The van der Waals surface area contributed by atoms with Gasteiger partial charge < -0.3 is 15.1 Å². The van der Waals surface area contributed by atoms with Gasteiger partial charge in [0.15, 0.2) is 0 Å². The Kier molecular flexibility index (Phi) is 9.01. The van der Waals surface area contributed by atoms with Gasteiger partial charge in [-0.25, -0.2) is 0 Å². The Labute approximate surface area is 195 Å². The average molecular weight is 447 g/mol. The van der Waals surface area contributed by atoms with Crippen LogP contribution >= 0.6 is 0 Å². The Hall–Kier alpha value is -3.66. The number of carbonyl (C=O) groups excluding carboxylic acids is 3. The van der Waals surface area contributed by atoms with E-state index < -0.39 is 0 Å². The van der Waals surface area contributed by atoms with Crippen molar-refractivity contribution in [3.05, 3.63) is 65.7 Å². The first-order valence-electron chi connectivity index (χ1n) is 11.5. The molecule has 0 spiro atoms. The summed E-state index contributed by atoms with van der Waals surface area (Å²) in [6.45, 7) is 2.17. The van der Waals surface area contributed by atoms with Gasteiger partial charge in [0, 0.05) is 50.3 Å². The minimum atomic E-state index is -0.232. The predicted molar refractivity (Wildman–Crippen MR) is 126 cm³/mol. The zero-order chi connectivity index (χ0) is 23.5. The molecule has 1 N–H and O–H groups in total. The van der Waals surface area contributed by atoms with Gasteiger partial charge in [-0.1, -0.05) is 30.3 Å². The number of amides is 3. The maximum Gasteiger partial charge on any atom is 0.253 e. The number of hydrogen-bond donors (Lipinski definition) is 1. The third kappa shape index (κ3) is 7.18. The number of anilines is 1. The third-order valence-electron chi connectivity index (χ3n) is 5.69. The minimum absolute atomic E-state index is 0.0341. The monoisotopic (exact) mass is 446 g/mol. The molecule has 0 radical (unpaired) electrons. The summed E-state index contributed by atoms with van der Waals surface area (Å²) in [6.07, 6.45) is 3.58. The topological polar surface area (TPSA) is 93.5 Å². The van der Waals surface area contributed by atoms with Crippen LogP contribution in [0.1, 0.15) is 54.4 Å². The number of likely N-dealkylation sites (tertiary alicyclic amines) is 1. The lowest BCUT2D eigenvalue weighted by Gasteiger charge is -2.26. The number of nitrogens with one attached hydrogen (secondary N) is 1. The van der Waals surface area contributed by atoms with Crippen molar-refractivity contribution in [2.75, 3.05) is 24.5 Å². The highest BCUT2D eigenvalue weighted by atomic mass is 16.2. The molecule has 172 valence electrons. The van der Waals surface area contributed by atoms with Crippen LogP contribution in [0.15, 0.2) is 54.6 Å². The molecule has 1 aliphatic rings. The van der Waals surface area contributed by atoms with E-state index in [1.54, 1.807) is 11.0 Å². The van der Waals surface area contributed by atoms with Crippen molar-refractivity contribution in [2.45, 2.75) is 45.1 Å². The predicted octanol–water partition coefficient (Wildman–Crippen LogP) is 3.66. The van der Waals surface area contributed by atoms with Crippen LogP contribution < -0.4 is 10.2 Å². The quantitative estimate of drug-likeness (QED) is 0.636. The standard InChI is InChI=1S/C26H30N4O3/c27-15-8-18-30(23-11-3-1-4-12-23)25(32)14-13-24(31)28-20-21-9-7-10-22(19-21)26(33)29-16-5-2-6-17-29/h1,3-4,7,9-12,19H,2,5-6,8,13-14,16-18,20H2,(H,28,31). The van der Waals surface area contributed by atoms with E-state index in [0.717, 1.165) is 31.5 Å². The molecule has 3 rings (SSSR count). The summed E-state index contributed by atoms with van der Waals surface area (Å²) in [5.41, 5.74) is 2.20. The van der Waals surface area contributed by atoms with Crippen molar-refractivity contribution in [3.8, 4) is 6.07 Å². The lowest BCUT2D eigenvalue weighted by molar-refractivity contribution is -0.125. The van der Waals surface area contributed by atoms with E-state index in [0.29, 0.717) is 24.3 Å². The van der Waals surface area contributed by atoms with Crippen molar-refractivity contribution >= 4 is 23.4 Å². The van der Waals surface area contributed by atoms with Crippen molar-refractivity contribution in [1.29, 1.82) is 5.26 Å². The van der Waals surface area contributed by atoms with E-state index in [9.17, 15) is 14.4 Å². The molecule has 33 heavy (non-hydrogen) atoms. The van der Waals surface area contributed by atoms with Gasteiger partial charge in [0.05, 0.1) is 12.5 Å². The second kappa shape index (κ2) is 12.4. The Bertz CT molecular complexity index is 994. The molecule has 1 aliphatic heterocycles. The molecule has 0 unspecified atom stereocenters. The van der Waals surface area contributed by atoms with E-state index >= 15 is 0 Å². The number of carbonyl (C=O) groups is 3. The lowest BCUT2D eigenvalue weighted by atomic mass is 10.1. The zero-order valence-corrected chi connectivity index (χ0v) is 18.8. The first kappa shape index (κ1) is 24.0. The lowest BCUT2D eigenvalue weighted by Crippen LogP contribution is -2.35. The minimum Gasteiger partial charge on any atom is -0.352 e. The summed E-state index contributed by atoms with van der Waals surface area (Å²) < 4.78 is 0. The molecule has 0 saturated carbocycles. The molecule has 7 nitrogen and oxygen atoms in total. The van der Waals surface area contributed by atoms with E-state index in [1.807, 2.05) is 53.4 Å². The molecule has 1 fully saturated rings. The second-order valence-corrected chi connectivity index (χ2v) is 8.12. The van der Waals surface area contributed by atoms with Crippen LogP contribution in [-0.4, -0.2) is 42.3 Å². The number of piperidine rings is 1. The van der Waals surface area contributed by atoms with Crippen LogP contribution in [0.25, 0.3) is 0 Å². The zero-order valence-electron chi connectivity index (χ0n) is 18.8. The van der Waals surface area contributed by atoms with Gasteiger partial charge in [-0.15, -0.1) is 0 Å². The van der Waals surface area contributed by atoms with Crippen molar-refractivity contribution < 1.29 is 14.4 Å². The highest BCUT2D eigenvalue weighted by Crippen LogP contribution is 2.16. The van der Waals surface area contributed by atoms with Crippen LogP contribution in [0.4, 0.5) is 5.69 Å². The molecule has 1 saturated heterocycles. The van der Waals surface area contributed by atoms with Gasteiger partial charge in [-0.05, 0) is 49.1 Å². The molecule has 0 aliphatic carbocycles. The van der Waals surface area contributed by atoms with Crippen LogP contribution in [-0.2, 0) is 16.1 Å². The molecular formula is C26H30N4O3. The number of benzene rings is 2. The molecular weight excluding hydrogens is 416 g/mol. The molecule has 0 bridgehead atoms. The maximum absolute atomic E-state index is 12.7. The van der Waals surface area contributed by atoms with E-state index in [2.05, 4.69) is 11.4 Å². The third-order valence-corrected chi connectivity index (χ3v) is 5.69. The van der Waals surface area contributed by atoms with E-state index in [1.165, 1.54) is 6.42 Å².